The molecule has 1 unspecified atom stereocenters. The smallest absolute Gasteiger partial charge is 0.245 e. The number of rotatable bonds is 6. The number of benzene rings is 1. The third-order valence-corrected chi connectivity index (χ3v) is 3.73. The second-order valence-corrected chi connectivity index (χ2v) is 5.44. The molecule has 0 aliphatic heterocycles. The SMILES string of the molecule is CCCN(CC1CC1)C(=O)C(Cl)c1ccccc1. The second-order valence-electron chi connectivity index (χ2n) is 5.00. The Bertz CT molecular complexity index is 389. The van der Waals surface area contributed by atoms with Gasteiger partial charge in [0, 0.05) is 13.1 Å². The fourth-order valence-electron chi connectivity index (χ4n) is 2.10. The molecule has 98 valence electrons. The zero-order chi connectivity index (χ0) is 13.0. The van der Waals surface area contributed by atoms with Crippen molar-refractivity contribution in [3.8, 4) is 0 Å². The number of carbonyl (C=O) groups is 1. The van der Waals surface area contributed by atoms with Crippen molar-refractivity contribution in [3.63, 3.8) is 0 Å². The predicted octanol–water partition coefficient (Wildman–Crippen LogP) is 3.62. The van der Waals surface area contributed by atoms with Crippen molar-refractivity contribution in [2.45, 2.75) is 31.6 Å². The van der Waals surface area contributed by atoms with Crippen molar-refractivity contribution < 1.29 is 4.79 Å². The summed E-state index contributed by atoms with van der Waals surface area (Å²) in [6.45, 7) is 3.78. The Morgan fingerprint density at radius 1 is 1.39 bits per heavy atom. The molecule has 0 spiro atoms. The van der Waals surface area contributed by atoms with Crippen LogP contribution >= 0.6 is 11.6 Å². The van der Waals surface area contributed by atoms with Gasteiger partial charge >= 0.3 is 0 Å². The van der Waals surface area contributed by atoms with Crippen LogP contribution in [-0.2, 0) is 4.79 Å². The van der Waals surface area contributed by atoms with Crippen LogP contribution in [0.3, 0.4) is 0 Å². The Balaban J connectivity index is 2.02. The van der Waals surface area contributed by atoms with Gasteiger partial charge in [0.2, 0.25) is 5.91 Å². The number of alkyl halides is 1. The summed E-state index contributed by atoms with van der Waals surface area (Å²) in [4.78, 5) is 14.3. The van der Waals surface area contributed by atoms with Gasteiger partial charge in [-0.25, -0.2) is 0 Å². The van der Waals surface area contributed by atoms with Gasteiger partial charge in [-0.05, 0) is 30.7 Å². The van der Waals surface area contributed by atoms with Crippen LogP contribution in [-0.4, -0.2) is 23.9 Å². The molecule has 0 N–H and O–H groups in total. The van der Waals surface area contributed by atoms with E-state index in [9.17, 15) is 4.79 Å². The van der Waals surface area contributed by atoms with Gasteiger partial charge < -0.3 is 4.90 Å². The fraction of sp³-hybridized carbons (Fsp3) is 0.533. The Labute approximate surface area is 114 Å². The van der Waals surface area contributed by atoms with E-state index >= 15 is 0 Å². The largest absolute Gasteiger partial charge is 0.341 e. The number of hydrogen-bond donors (Lipinski definition) is 0. The summed E-state index contributed by atoms with van der Waals surface area (Å²) in [6.07, 6.45) is 3.49. The summed E-state index contributed by atoms with van der Waals surface area (Å²) in [5, 5.41) is -0.545. The average Bonchev–Trinajstić information content (AvgIpc) is 3.21. The molecule has 3 heteroatoms. The van der Waals surface area contributed by atoms with Crippen LogP contribution in [0.4, 0.5) is 0 Å². The van der Waals surface area contributed by atoms with Crippen LogP contribution in [0.1, 0.15) is 37.1 Å². The average molecular weight is 266 g/mol. The topological polar surface area (TPSA) is 20.3 Å². The molecule has 1 amide bonds. The number of hydrogen-bond acceptors (Lipinski definition) is 1. The van der Waals surface area contributed by atoms with Crippen LogP contribution in [0.2, 0.25) is 0 Å². The molecule has 0 radical (unpaired) electrons. The van der Waals surface area contributed by atoms with Crippen molar-refractivity contribution in [2.24, 2.45) is 5.92 Å². The van der Waals surface area contributed by atoms with Gasteiger partial charge in [0.25, 0.3) is 0 Å². The number of halogens is 1. The minimum absolute atomic E-state index is 0.0524. The van der Waals surface area contributed by atoms with Gasteiger partial charge in [0.05, 0.1) is 0 Å². The van der Waals surface area contributed by atoms with Gasteiger partial charge in [-0.1, -0.05) is 37.3 Å². The highest BCUT2D eigenvalue weighted by Crippen LogP contribution is 2.31. The lowest BCUT2D eigenvalue weighted by Gasteiger charge is -2.24. The van der Waals surface area contributed by atoms with Crippen molar-refractivity contribution >= 4 is 17.5 Å². The maximum Gasteiger partial charge on any atom is 0.245 e. The van der Waals surface area contributed by atoms with Crippen LogP contribution in [0, 0.1) is 5.92 Å². The molecular formula is C15H20ClNO. The molecule has 1 saturated carbocycles. The van der Waals surface area contributed by atoms with Crippen LogP contribution in [0.25, 0.3) is 0 Å². The highest BCUT2D eigenvalue weighted by molar-refractivity contribution is 6.30. The molecule has 1 aromatic carbocycles. The lowest BCUT2D eigenvalue weighted by molar-refractivity contribution is -0.131. The van der Waals surface area contributed by atoms with Crippen LogP contribution in [0.5, 0.6) is 0 Å². The number of carbonyl (C=O) groups excluding carboxylic acids is 1. The molecular weight excluding hydrogens is 246 g/mol. The summed E-state index contributed by atoms with van der Waals surface area (Å²) in [6, 6.07) is 9.60. The molecule has 1 aliphatic carbocycles. The van der Waals surface area contributed by atoms with Gasteiger partial charge in [0.1, 0.15) is 5.38 Å². The molecule has 1 atom stereocenters. The minimum atomic E-state index is -0.545. The molecule has 1 aliphatic rings. The van der Waals surface area contributed by atoms with Crippen molar-refractivity contribution in [1.29, 1.82) is 0 Å². The first kappa shape index (κ1) is 13.4. The van der Waals surface area contributed by atoms with E-state index in [-0.39, 0.29) is 5.91 Å². The maximum absolute atomic E-state index is 12.4. The quantitative estimate of drug-likeness (QED) is 0.720. The monoisotopic (exact) mass is 265 g/mol. The molecule has 2 nitrogen and oxygen atoms in total. The molecule has 18 heavy (non-hydrogen) atoms. The molecule has 0 heterocycles. The first-order chi connectivity index (χ1) is 8.72. The number of nitrogens with zero attached hydrogens (tertiary/aromatic N) is 1. The van der Waals surface area contributed by atoms with E-state index in [4.69, 9.17) is 11.6 Å². The Morgan fingerprint density at radius 2 is 2.06 bits per heavy atom. The summed E-state index contributed by atoms with van der Waals surface area (Å²) < 4.78 is 0. The van der Waals surface area contributed by atoms with E-state index in [0.29, 0.717) is 5.92 Å². The molecule has 2 rings (SSSR count). The normalized spacial score (nSPS) is 16.3. The maximum atomic E-state index is 12.4. The molecule has 0 aromatic heterocycles. The zero-order valence-corrected chi connectivity index (χ0v) is 11.6. The summed E-state index contributed by atoms with van der Waals surface area (Å²) in [5.41, 5.74) is 0.890. The first-order valence-electron chi connectivity index (χ1n) is 6.70. The van der Waals surface area contributed by atoms with E-state index in [0.717, 1.165) is 25.1 Å². The van der Waals surface area contributed by atoms with E-state index in [1.807, 2.05) is 35.2 Å². The highest BCUT2D eigenvalue weighted by atomic mass is 35.5. The lowest BCUT2D eigenvalue weighted by atomic mass is 10.1. The summed E-state index contributed by atoms with van der Waals surface area (Å²) in [5.74, 6) is 0.761. The van der Waals surface area contributed by atoms with Crippen LogP contribution in [0.15, 0.2) is 30.3 Å². The Hall–Kier alpha value is -1.02. The van der Waals surface area contributed by atoms with E-state index in [1.165, 1.54) is 12.8 Å². The van der Waals surface area contributed by atoms with Gasteiger partial charge in [-0.2, -0.15) is 0 Å². The summed E-state index contributed by atoms with van der Waals surface area (Å²) in [7, 11) is 0. The van der Waals surface area contributed by atoms with E-state index in [2.05, 4.69) is 6.92 Å². The minimum Gasteiger partial charge on any atom is -0.341 e. The third-order valence-electron chi connectivity index (χ3n) is 3.29. The molecule has 0 bridgehead atoms. The number of amides is 1. The van der Waals surface area contributed by atoms with Gasteiger partial charge in [-0.15, -0.1) is 11.6 Å². The van der Waals surface area contributed by atoms with Gasteiger partial charge in [-0.3, -0.25) is 4.79 Å². The zero-order valence-electron chi connectivity index (χ0n) is 10.8. The lowest BCUT2D eigenvalue weighted by Crippen LogP contribution is -2.35. The second kappa shape index (κ2) is 6.24. The standard InChI is InChI=1S/C15H20ClNO/c1-2-10-17(11-12-8-9-12)15(18)14(16)13-6-4-3-5-7-13/h3-7,12,14H,2,8-11H2,1H3. The highest BCUT2D eigenvalue weighted by Gasteiger charge is 2.29. The van der Waals surface area contributed by atoms with Crippen molar-refractivity contribution in [3.05, 3.63) is 35.9 Å². The Kier molecular flexibility index (Phi) is 4.65. The van der Waals surface area contributed by atoms with E-state index < -0.39 is 5.38 Å². The first-order valence-corrected chi connectivity index (χ1v) is 7.13. The van der Waals surface area contributed by atoms with Gasteiger partial charge in [0.15, 0.2) is 0 Å². The third kappa shape index (κ3) is 3.49. The Morgan fingerprint density at radius 3 is 2.61 bits per heavy atom. The van der Waals surface area contributed by atoms with Crippen molar-refractivity contribution in [1.82, 2.24) is 4.90 Å². The fourth-order valence-corrected chi connectivity index (χ4v) is 2.38. The van der Waals surface area contributed by atoms with Crippen LogP contribution < -0.4 is 0 Å². The predicted molar refractivity (Wildman–Crippen MR) is 74.6 cm³/mol. The van der Waals surface area contributed by atoms with E-state index in [1.54, 1.807) is 0 Å². The summed E-state index contributed by atoms with van der Waals surface area (Å²) >= 11 is 6.30. The molecule has 1 fully saturated rings. The molecule has 0 saturated heterocycles. The van der Waals surface area contributed by atoms with Crippen molar-refractivity contribution in [2.75, 3.05) is 13.1 Å². The molecule has 1 aromatic rings.